The highest BCUT2D eigenvalue weighted by Crippen LogP contribution is 2.38. The summed E-state index contributed by atoms with van der Waals surface area (Å²) in [5.74, 6) is 3.05. The molecular formula is C27H28N4O3. The number of rotatable bonds is 2. The molecule has 34 heavy (non-hydrogen) atoms. The van der Waals surface area contributed by atoms with Gasteiger partial charge in [-0.05, 0) is 50.2 Å². The fourth-order valence-electron chi connectivity index (χ4n) is 4.46. The van der Waals surface area contributed by atoms with E-state index in [2.05, 4.69) is 30.1 Å². The SMILES string of the molecule is COc1ccccc1NC(=O)N1CCN(C2=Nc3ccccc3Oc3ccc(C)cc32)C[C@@H]1C. The first-order valence-electron chi connectivity index (χ1n) is 11.5. The van der Waals surface area contributed by atoms with E-state index < -0.39 is 0 Å². The van der Waals surface area contributed by atoms with Gasteiger partial charge in [0.05, 0.1) is 18.4 Å². The van der Waals surface area contributed by atoms with Crippen LogP contribution in [-0.4, -0.2) is 54.5 Å². The smallest absolute Gasteiger partial charge is 0.322 e. The molecule has 1 saturated heterocycles. The van der Waals surface area contributed by atoms with Crippen molar-refractivity contribution < 1.29 is 14.3 Å². The summed E-state index contributed by atoms with van der Waals surface area (Å²) >= 11 is 0. The van der Waals surface area contributed by atoms with Gasteiger partial charge in [0.2, 0.25) is 0 Å². The second-order valence-electron chi connectivity index (χ2n) is 8.62. The lowest BCUT2D eigenvalue weighted by Crippen LogP contribution is -2.56. The Morgan fingerprint density at radius 3 is 2.68 bits per heavy atom. The molecule has 1 N–H and O–H groups in total. The average Bonchev–Trinajstić information content (AvgIpc) is 3.00. The number of hydrogen-bond acceptors (Lipinski definition) is 5. The zero-order valence-corrected chi connectivity index (χ0v) is 19.6. The third-order valence-electron chi connectivity index (χ3n) is 6.22. The van der Waals surface area contributed by atoms with E-state index in [0.29, 0.717) is 31.1 Å². The van der Waals surface area contributed by atoms with Gasteiger partial charge in [0.1, 0.15) is 23.0 Å². The van der Waals surface area contributed by atoms with Crippen LogP contribution in [0.3, 0.4) is 0 Å². The molecule has 3 aromatic rings. The second-order valence-corrected chi connectivity index (χ2v) is 8.62. The van der Waals surface area contributed by atoms with Gasteiger partial charge in [0.25, 0.3) is 0 Å². The maximum Gasteiger partial charge on any atom is 0.322 e. The number of para-hydroxylation sites is 4. The first kappa shape index (κ1) is 21.8. The standard InChI is InChI=1S/C27H28N4O3/c1-18-12-13-23-20(16-18)26(28-22-9-5-7-11-25(22)34-23)30-14-15-31(19(2)17-30)27(32)29-21-8-4-6-10-24(21)33-3/h4-13,16,19H,14-15,17H2,1-3H3,(H,29,32)/t19-/m0/s1. The molecule has 3 aromatic carbocycles. The molecule has 7 heteroatoms. The molecule has 1 atom stereocenters. The van der Waals surface area contributed by atoms with E-state index in [9.17, 15) is 4.79 Å². The molecule has 2 aliphatic rings. The van der Waals surface area contributed by atoms with Gasteiger partial charge in [-0.25, -0.2) is 9.79 Å². The van der Waals surface area contributed by atoms with Gasteiger partial charge in [-0.2, -0.15) is 0 Å². The summed E-state index contributed by atoms with van der Waals surface area (Å²) in [4.78, 5) is 22.2. The zero-order valence-electron chi connectivity index (χ0n) is 19.6. The summed E-state index contributed by atoms with van der Waals surface area (Å²) in [6.45, 7) is 6.03. The normalized spacial score (nSPS) is 17.0. The number of hydrogen-bond donors (Lipinski definition) is 1. The largest absolute Gasteiger partial charge is 0.495 e. The fraction of sp³-hybridized carbons (Fsp3) is 0.259. The lowest BCUT2D eigenvalue weighted by Gasteiger charge is -2.41. The number of ether oxygens (including phenoxy) is 2. The van der Waals surface area contributed by atoms with Crippen molar-refractivity contribution in [1.29, 1.82) is 0 Å². The Bertz CT molecular complexity index is 1260. The van der Waals surface area contributed by atoms with Crippen LogP contribution in [0.2, 0.25) is 0 Å². The molecule has 0 aromatic heterocycles. The van der Waals surface area contributed by atoms with Gasteiger partial charge >= 0.3 is 6.03 Å². The molecule has 0 bridgehead atoms. The van der Waals surface area contributed by atoms with Crippen LogP contribution in [0.1, 0.15) is 18.1 Å². The number of carbonyl (C=O) groups is 1. The van der Waals surface area contributed by atoms with Crippen LogP contribution < -0.4 is 14.8 Å². The van der Waals surface area contributed by atoms with Crippen LogP contribution in [-0.2, 0) is 0 Å². The topological polar surface area (TPSA) is 66.4 Å². The summed E-state index contributed by atoms with van der Waals surface area (Å²) in [6, 6.07) is 21.3. The van der Waals surface area contributed by atoms with Gasteiger partial charge < -0.3 is 24.6 Å². The van der Waals surface area contributed by atoms with E-state index in [1.807, 2.05) is 65.6 Å². The Kier molecular flexibility index (Phi) is 5.84. The molecule has 0 unspecified atom stereocenters. The molecular weight excluding hydrogens is 428 g/mol. The molecule has 1 fully saturated rings. The van der Waals surface area contributed by atoms with E-state index in [-0.39, 0.29) is 12.1 Å². The van der Waals surface area contributed by atoms with E-state index >= 15 is 0 Å². The van der Waals surface area contributed by atoms with E-state index in [1.165, 1.54) is 0 Å². The van der Waals surface area contributed by atoms with Gasteiger partial charge in [-0.1, -0.05) is 35.9 Å². The molecule has 2 aliphatic heterocycles. The molecule has 7 nitrogen and oxygen atoms in total. The molecule has 2 heterocycles. The predicted octanol–water partition coefficient (Wildman–Crippen LogP) is 5.43. The number of aryl methyl sites for hydroxylation is 1. The number of methoxy groups -OCH3 is 1. The number of nitrogens with zero attached hydrogens (tertiary/aromatic N) is 3. The molecule has 5 rings (SSSR count). The summed E-state index contributed by atoms with van der Waals surface area (Å²) in [7, 11) is 1.60. The number of benzene rings is 3. The van der Waals surface area contributed by atoms with Crippen LogP contribution in [0.25, 0.3) is 0 Å². The number of amides is 2. The van der Waals surface area contributed by atoms with Crippen LogP contribution in [0.15, 0.2) is 71.7 Å². The van der Waals surface area contributed by atoms with Crippen LogP contribution in [0.5, 0.6) is 17.2 Å². The third kappa shape index (κ3) is 4.17. The van der Waals surface area contributed by atoms with Gasteiger partial charge in [0, 0.05) is 25.7 Å². The van der Waals surface area contributed by atoms with Crippen molar-refractivity contribution >= 4 is 23.2 Å². The molecule has 2 amide bonds. The lowest BCUT2D eigenvalue weighted by molar-refractivity contribution is 0.144. The second kappa shape index (κ2) is 9.09. The van der Waals surface area contributed by atoms with Crippen LogP contribution in [0.4, 0.5) is 16.2 Å². The van der Waals surface area contributed by atoms with Crippen LogP contribution >= 0.6 is 0 Å². The van der Waals surface area contributed by atoms with Crippen molar-refractivity contribution in [1.82, 2.24) is 9.80 Å². The van der Waals surface area contributed by atoms with E-state index in [0.717, 1.165) is 34.1 Å². The van der Waals surface area contributed by atoms with Crippen molar-refractivity contribution in [2.75, 3.05) is 32.1 Å². The molecule has 0 aliphatic carbocycles. The highest BCUT2D eigenvalue weighted by Gasteiger charge is 2.32. The highest BCUT2D eigenvalue weighted by molar-refractivity contribution is 6.04. The average molecular weight is 457 g/mol. The van der Waals surface area contributed by atoms with Crippen molar-refractivity contribution in [3.63, 3.8) is 0 Å². The Hall–Kier alpha value is -4.00. The maximum atomic E-state index is 13.1. The van der Waals surface area contributed by atoms with Gasteiger partial charge in [-0.3, -0.25) is 0 Å². The third-order valence-corrected chi connectivity index (χ3v) is 6.22. The van der Waals surface area contributed by atoms with Crippen molar-refractivity contribution in [3.05, 3.63) is 77.9 Å². The number of aliphatic imine (C=N–C) groups is 1. The maximum absolute atomic E-state index is 13.1. The van der Waals surface area contributed by atoms with Gasteiger partial charge in [-0.15, -0.1) is 0 Å². The highest BCUT2D eigenvalue weighted by atomic mass is 16.5. The summed E-state index contributed by atoms with van der Waals surface area (Å²) < 4.78 is 11.6. The zero-order chi connectivity index (χ0) is 23.7. The first-order valence-corrected chi connectivity index (χ1v) is 11.5. The quantitative estimate of drug-likeness (QED) is 0.559. The Labute approximate surface area is 199 Å². The number of urea groups is 1. The predicted molar refractivity (Wildman–Crippen MR) is 134 cm³/mol. The number of carbonyl (C=O) groups excluding carboxylic acids is 1. The molecule has 0 saturated carbocycles. The first-order chi connectivity index (χ1) is 16.5. The van der Waals surface area contributed by atoms with Crippen molar-refractivity contribution in [3.8, 4) is 17.2 Å². The van der Waals surface area contributed by atoms with E-state index in [4.69, 9.17) is 14.5 Å². The number of fused-ring (bicyclic) bond motifs is 2. The number of anilines is 1. The number of piperazine rings is 1. The number of nitrogens with one attached hydrogen (secondary N) is 1. The Balaban J connectivity index is 1.39. The Morgan fingerprint density at radius 2 is 1.85 bits per heavy atom. The number of amidine groups is 1. The lowest BCUT2D eigenvalue weighted by atomic mass is 10.1. The van der Waals surface area contributed by atoms with Crippen molar-refractivity contribution in [2.45, 2.75) is 19.9 Å². The summed E-state index contributed by atoms with van der Waals surface area (Å²) in [6.07, 6.45) is 0. The minimum absolute atomic E-state index is 0.0150. The minimum atomic E-state index is -0.135. The fourth-order valence-corrected chi connectivity index (χ4v) is 4.46. The van der Waals surface area contributed by atoms with Crippen LogP contribution in [0, 0.1) is 6.92 Å². The monoisotopic (exact) mass is 456 g/mol. The summed E-state index contributed by atoms with van der Waals surface area (Å²) in [5, 5.41) is 3.00. The molecule has 0 spiro atoms. The summed E-state index contributed by atoms with van der Waals surface area (Å²) in [5.41, 5.74) is 3.57. The molecule has 174 valence electrons. The van der Waals surface area contributed by atoms with E-state index in [1.54, 1.807) is 7.11 Å². The molecule has 0 radical (unpaired) electrons. The Morgan fingerprint density at radius 1 is 1.06 bits per heavy atom. The van der Waals surface area contributed by atoms with Crippen molar-refractivity contribution in [2.24, 2.45) is 4.99 Å². The van der Waals surface area contributed by atoms with Gasteiger partial charge in [0.15, 0.2) is 5.75 Å². The minimum Gasteiger partial charge on any atom is -0.495 e.